The summed E-state index contributed by atoms with van der Waals surface area (Å²) in [7, 11) is 0. The molecule has 0 aliphatic rings. The maximum atomic E-state index is 11.1. The molecule has 60 valence electrons. The molecule has 0 fully saturated rings. The van der Waals surface area contributed by atoms with Crippen molar-refractivity contribution in [3.63, 3.8) is 0 Å². The molecule has 1 heterocycles. The summed E-state index contributed by atoms with van der Waals surface area (Å²) in [5.41, 5.74) is 5.28. The summed E-state index contributed by atoms with van der Waals surface area (Å²) in [4.78, 5) is 11.1. The zero-order valence-electron chi connectivity index (χ0n) is 6.61. The first-order valence-corrected chi connectivity index (χ1v) is 3.46. The normalized spacial score (nSPS) is 10.5. The lowest BCUT2D eigenvalue weighted by atomic mass is 10.4. The molecule has 11 heavy (non-hydrogen) atoms. The van der Waals surface area contributed by atoms with E-state index in [9.17, 15) is 4.79 Å². The van der Waals surface area contributed by atoms with Gasteiger partial charge < -0.3 is 5.73 Å². The molecule has 4 heteroatoms. The lowest BCUT2D eigenvalue weighted by Crippen LogP contribution is -2.24. The Morgan fingerprint density at radius 1 is 1.55 bits per heavy atom. The van der Waals surface area contributed by atoms with Gasteiger partial charge in [0.25, 0.3) is 5.56 Å². The number of hydrogen-bond acceptors (Lipinski definition) is 3. The second-order valence-corrected chi connectivity index (χ2v) is 2.63. The van der Waals surface area contributed by atoms with Crippen molar-refractivity contribution in [2.24, 2.45) is 0 Å². The third kappa shape index (κ3) is 1.58. The average Bonchev–Trinajstić information content (AvgIpc) is 1.94. The molecular formula is C7H11N3O. The highest BCUT2D eigenvalue weighted by Crippen LogP contribution is 1.98. The third-order valence-corrected chi connectivity index (χ3v) is 1.33. The van der Waals surface area contributed by atoms with Crippen LogP contribution in [-0.4, -0.2) is 9.78 Å². The summed E-state index contributed by atoms with van der Waals surface area (Å²) in [6.07, 6.45) is 0. The Labute approximate surface area is 64.6 Å². The number of rotatable bonds is 1. The van der Waals surface area contributed by atoms with E-state index in [0.717, 1.165) is 0 Å². The van der Waals surface area contributed by atoms with Crippen LogP contribution in [0.2, 0.25) is 0 Å². The highest BCUT2D eigenvalue weighted by molar-refractivity contribution is 5.23. The third-order valence-electron chi connectivity index (χ3n) is 1.33. The molecular weight excluding hydrogens is 142 g/mol. The molecule has 0 amide bonds. The Bertz CT molecular complexity index is 303. The van der Waals surface area contributed by atoms with Crippen LogP contribution in [0.4, 0.5) is 5.82 Å². The summed E-state index contributed by atoms with van der Waals surface area (Å²) in [6.45, 7) is 3.77. The zero-order chi connectivity index (χ0) is 8.43. The molecule has 0 aliphatic heterocycles. The van der Waals surface area contributed by atoms with Crippen LogP contribution in [0.3, 0.4) is 0 Å². The quantitative estimate of drug-likeness (QED) is 0.635. The highest BCUT2D eigenvalue weighted by Gasteiger charge is 2.00. The molecule has 0 spiro atoms. The van der Waals surface area contributed by atoms with Gasteiger partial charge in [-0.05, 0) is 19.9 Å². The first-order chi connectivity index (χ1) is 5.11. The summed E-state index contributed by atoms with van der Waals surface area (Å²) in [5, 5.41) is 3.85. The van der Waals surface area contributed by atoms with E-state index in [1.54, 1.807) is 0 Å². The number of aromatic nitrogens is 2. The predicted octanol–water partition coefficient (Wildman–Crippen LogP) is 0.406. The van der Waals surface area contributed by atoms with Crippen molar-refractivity contribution in [2.75, 3.05) is 5.73 Å². The molecule has 1 rings (SSSR count). The molecule has 0 radical (unpaired) electrons. The van der Waals surface area contributed by atoms with E-state index < -0.39 is 0 Å². The van der Waals surface area contributed by atoms with Crippen molar-refractivity contribution >= 4 is 5.82 Å². The highest BCUT2D eigenvalue weighted by atomic mass is 16.1. The van der Waals surface area contributed by atoms with Crippen molar-refractivity contribution in [2.45, 2.75) is 19.9 Å². The van der Waals surface area contributed by atoms with Crippen molar-refractivity contribution < 1.29 is 0 Å². The standard InChI is InChI=1S/C7H11N3O/c1-5(2)10-7(11)4-3-6(8)9-10/h3-5H,1-2H3,(H2,8,9). The SMILES string of the molecule is CC(C)n1nc(N)ccc1=O. The Hall–Kier alpha value is -1.32. The molecule has 0 saturated carbocycles. The second-order valence-electron chi connectivity index (χ2n) is 2.63. The zero-order valence-corrected chi connectivity index (χ0v) is 6.61. The molecule has 4 nitrogen and oxygen atoms in total. The minimum atomic E-state index is -0.116. The monoisotopic (exact) mass is 153 g/mol. The minimum absolute atomic E-state index is 0.0611. The van der Waals surface area contributed by atoms with Crippen LogP contribution in [0.25, 0.3) is 0 Å². The van der Waals surface area contributed by atoms with Gasteiger partial charge in [-0.2, -0.15) is 5.10 Å². The Balaban J connectivity index is 3.24. The topological polar surface area (TPSA) is 60.9 Å². The molecule has 0 atom stereocenters. The van der Waals surface area contributed by atoms with Crippen LogP contribution in [0.1, 0.15) is 19.9 Å². The molecule has 2 N–H and O–H groups in total. The van der Waals surface area contributed by atoms with Gasteiger partial charge in [-0.1, -0.05) is 0 Å². The first-order valence-electron chi connectivity index (χ1n) is 3.46. The fourth-order valence-electron chi connectivity index (χ4n) is 0.810. The molecule has 0 unspecified atom stereocenters. The molecule has 0 aliphatic carbocycles. The number of anilines is 1. The van der Waals surface area contributed by atoms with Gasteiger partial charge in [0.05, 0.1) is 6.04 Å². The Kier molecular flexibility index (Phi) is 1.94. The second kappa shape index (κ2) is 2.74. The van der Waals surface area contributed by atoms with Crippen molar-refractivity contribution in [3.05, 3.63) is 22.5 Å². The summed E-state index contributed by atoms with van der Waals surface area (Å²) in [6, 6.07) is 2.98. The molecule has 1 aromatic rings. The van der Waals surface area contributed by atoms with E-state index in [0.29, 0.717) is 5.82 Å². The van der Waals surface area contributed by atoms with Gasteiger partial charge in [-0.15, -0.1) is 0 Å². The summed E-state index contributed by atoms with van der Waals surface area (Å²) in [5.74, 6) is 0.373. The van der Waals surface area contributed by atoms with Crippen LogP contribution in [0, 0.1) is 0 Å². The van der Waals surface area contributed by atoms with Gasteiger partial charge in [-0.25, -0.2) is 4.68 Å². The van der Waals surface area contributed by atoms with Crippen LogP contribution < -0.4 is 11.3 Å². The van der Waals surface area contributed by atoms with E-state index in [1.807, 2.05) is 13.8 Å². The number of nitrogens with two attached hydrogens (primary N) is 1. The molecule has 0 aromatic carbocycles. The largest absolute Gasteiger partial charge is 0.382 e. The summed E-state index contributed by atoms with van der Waals surface area (Å²) < 4.78 is 1.36. The van der Waals surface area contributed by atoms with Crippen LogP contribution in [0.5, 0.6) is 0 Å². The van der Waals surface area contributed by atoms with Crippen molar-refractivity contribution in [1.29, 1.82) is 0 Å². The molecule has 0 saturated heterocycles. The van der Waals surface area contributed by atoms with Gasteiger partial charge in [-0.3, -0.25) is 4.79 Å². The fourth-order valence-corrected chi connectivity index (χ4v) is 0.810. The lowest BCUT2D eigenvalue weighted by molar-refractivity contribution is 0.506. The number of nitrogen functional groups attached to an aromatic ring is 1. The van der Waals surface area contributed by atoms with E-state index in [-0.39, 0.29) is 11.6 Å². The van der Waals surface area contributed by atoms with Crippen LogP contribution in [-0.2, 0) is 0 Å². The van der Waals surface area contributed by atoms with E-state index in [4.69, 9.17) is 5.73 Å². The van der Waals surface area contributed by atoms with Crippen LogP contribution >= 0.6 is 0 Å². The fraction of sp³-hybridized carbons (Fsp3) is 0.429. The number of nitrogens with zero attached hydrogens (tertiary/aromatic N) is 2. The smallest absolute Gasteiger partial charge is 0.267 e. The van der Waals surface area contributed by atoms with Gasteiger partial charge in [0.1, 0.15) is 5.82 Å². The number of hydrogen-bond donors (Lipinski definition) is 1. The van der Waals surface area contributed by atoms with E-state index in [1.165, 1.54) is 16.8 Å². The minimum Gasteiger partial charge on any atom is -0.382 e. The molecule has 0 bridgehead atoms. The maximum Gasteiger partial charge on any atom is 0.267 e. The van der Waals surface area contributed by atoms with Crippen molar-refractivity contribution in [3.8, 4) is 0 Å². The Morgan fingerprint density at radius 3 is 2.64 bits per heavy atom. The van der Waals surface area contributed by atoms with Gasteiger partial charge in [0.2, 0.25) is 0 Å². The lowest BCUT2D eigenvalue weighted by Gasteiger charge is -2.06. The Morgan fingerprint density at radius 2 is 2.18 bits per heavy atom. The average molecular weight is 153 g/mol. The van der Waals surface area contributed by atoms with Gasteiger partial charge >= 0.3 is 0 Å². The molecule has 1 aromatic heterocycles. The predicted molar refractivity (Wildman–Crippen MR) is 43.3 cm³/mol. The van der Waals surface area contributed by atoms with Crippen molar-refractivity contribution in [1.82, 2.24) is 9.78 Å². The van der Waals surface area contributed by atoms with E-state index in [2.05, 4.69) is 5.10 Å². The summed E-state index contributed by atoms with van der Waals surface area (Å²) >= 11 is 0. The first kappa shape index (κ1) is 7.78. The van der Waals surface area contributed by atoms with E-state index >= 15 is 0 Å². The van der Waals surface area contributed by atoms with Crippen LogP contribution in [0.15, 0.2) is 16.9 Å². The van der Waals surface area contributed by atoms with Gasteiger partial charge in [0, 0.05) is 6.07 Å². The maximum absolute atomic E-state index is 11.1. The van der Waals surface area contributed by atoms with Gasteiger partial charge in [0.15, 0.2) is 0 Å².